The van der Waals surface area contributed by atoms with E-state index in [0.29, 0.717) is 17.1 Å². The summed E-state index contributed by atoms with van der Waals surface area (Å²) in [6.07, 6.45) is 0.941. The highest BCUT2D eigenvalue weighted by atomic mass is 32.1. The molecule has 66 valence electrons. The molecule has 1 rings (SSSR count). The maximum Gasteiger partial charge on any atom is 0.263 e. The topological polar surface area (TPSA) is 55.1 Å². The minimum Gasteiger partial charge on any atom is -0.397 e. The monoisotopic (exact) mass is 184 g/mol. The summed E-state index contributed by atoms with van der Waals surface area (Å²) >= 11 is 1.37. The first-order valence-electron chi connectivity index (χ1n) is 3.87. The molecule has 4 heteroatoms. The number of nitrogens with one attached hydrogen (secondary N) is 1. The maximum absolute atomic E-state index is 11.3. The van der Waals surface area contributed by atoms with Crippen molar-refractivity contribution in [2.24, 2.45) is 0 Å². The Hall–Kier alpha value is -1.03. The second-order valence-electron chi connectivity index (χ2n) is 2.46. The Morgan fingerprint density at radius 1 is 1.75 bits per heavy atom. The first-order valence-corrected chi connectivity index (χ1v) is 4.74. The molecule has 0 aliphatic rings. The molecule has 0 aliphatic carbocycles. The van der Waals surface area contributed by atoms with Gasteiger partial charge in [-0.3, -0.25) is 4.79 Å². The van der Waals surface area contributed by atoms with E-state index in [2.05, 4.69) is 5.32 Å². The fraction of sp³-hybridized carbons (Fsp3) is 0.375. The lowest BCUT2D eigenvalue weighted by Crippen LogP contribution is -2.23. The standard InChI is InChI=1S/C8H12N2OS/c1-2-4-10-8(11)7-6(9)3-5-12-7/h3,5H,2,4,9H2,1H3,(H,10,11). The van der Waals surface area contributed by atoms with E-state index in [1.807, 2.05) is 12.3 Å². The minimum absolute atomic E-state index is 0.0654. The predicted molar refractivity (Wildman–Crippen MR) is 51.4 cm³/mol. The summed E-state index contributed by atoms with van der Waals surface area (Å²) in [5.41, 5.74) is 6.13. The SMILES string of the molecule is CCCNC(=O)c1sccc1N. The third kappa shape index (κ3) is 1.98. The zero-order valence-electron chi connectivity index (χ0n) is 6.96. The van der Waals surface area contributed by atoms with Crippen molar-refractivity contribution in [3.8, 4) is 0 Å². The number of carbonyl (C=O) groups is 1. The number of rotatable bonds is 3. The number of hydrogen-bond donors (Lipinski definition) is 2. The van der Waals surface area contributed by atoms with Crippen molar-refractivity contribution in [1.82, 2.24) is 5.32 Å². The van der Waals surface area contributed by atoms with Crippen LogP contribution >= 0.6 is 11.3 Å². The van der Waals surface area contributed by atoms with Crippen LogP contribution in [0.4, 0.5) is 5.69 Å². The molecule has 0 spiro atoms. The van der Waals surface area contributed by atoms with E-state index in [1.165, 1.54) is 11.3 Å². The fourth-order valence-corrected chi connectivity index (χ4v) is 1.56. The van der Waals surface area contributed by atoms with E-state index >= 15 is 0 Å². The van der Waals surface area contributed by atoms with Crippen LogP contribution in [-0.2, 0) is 0 Å². The lowest BCUT2D eigenvalue weighted by atomic mass is 10.3. The average Bonchev–Trinajstić information content (AvgIpc) is 2.47. The van der Waals surface area contributed by atoms with Gasteiger partial charge in [-0.1, -0.05) is 6.92 Å². The molecule has 0 radical (unpaired) electrons. The van der Waals surface area contributed by atoms with E-state index in [4.69, 9.17) is 5.73 Å². The molecule has 3 N–H and O–H groups in total. The van der Waals surface area contributed by atoms with Gasteiger partial charge in [-0.15, -0.1) is 11.3 Å². The Kier molecular flexibility index (Phi) is 3.10. The summed E-state index contributed by atoms with van der Waals surface area (Å²) in [7, 11) is 0. The quantitative estimate of drug-likeness (QED) is 0.747. The van der Waals surface area contributed by atoms with E-state index in [-0.39, 0.29) is 5.91 Å². The van der Waals surface area contributed by atoms with Crippen LogP contribution in [-0.4, -0.2) is 12.5 Å². The summed E-state index contributed by atoms with van der Waals surface area (Å²) in [4.78, 5) is 11.9. The van der Waals surface area contributed by atoms with Crippen molar-refractivity contribution >= 4 is 22.9 Å². The number of nitrogens with two attached hydrogens (primary N) is 1. The van der Waals surface area contributed by atoms with Crippen LogP contribution in [0.5, 0.6) is 0 Å². The van der Waals surface area contributed by atoms with Crippen LogP contribution in [0, 0.1) is 0 Å². The van der Waals surface area contributed by atoms with Crippen molar-refractivity contribution < 1.29 is 4.79 Å². The van der Waals surface area contributed by atoms with Crippen molar-refractivity contribution in [2.45, 2.75) is 13.3 Å². The van der Waals surface area contributed by atoms with Crippen LogP contribution in [0.1, 0.15) is 23.0 Å². The number of carbonyl (C=O) groups excluding carboxylic acids is 1. The van der Waals surface area contributed by atoms with Crippen LogP contribution in [0.3, 0.4) is 0 Å². The minimum atomic E-state index is -0.0654. The van der Waals surface area contributed by atoms with Gasteiger partial charge < -0.3 is 11.1 Å². The molecule has 1 heterocycles. The molecule has 0 atom stereocenters. The van der Waals surface area contributed by atoms with Gasteiger partial charge >= 0.3 is 0 Å². The number of amides is 1. The normalized spacial score (nSPS) is 9.75. The Morgan fingerprint density at radius 2 is 2.50 bits per heavy atom. The fourth-order valence-electron chi connectivity index (χ4n) is 0.823. The van der Waals surface area contributed by atoms with E-state index in [9.17, 15) is 4.79 Å². The third-order valence-corrected chi connectivity index (χ3v) is 2.37. The number of thiophene rings is 1. The number of anilines is 1. The van der Waals surface area contributed by atoms with E-state index < -0.39 is 0 Å². The first-order chi connectivity index (χ1) is 5.75. The summed E-state index contributed by atoms with van der Waals surface area (Å²) in [5, 5.41) is 4.58. The zero-order valence-corrected chi connectivity index (χ0v) is 7.78. The van der Waals surface area contributed by atoms with E-state index in [1.54, 1.807) is 6.07 Å². The highest BCUT2D eigenvalue weighted by molar-refractivity contribution is 7.12. The lowest BCUT2D eigenvalue weighted by molar-refractivity contribution is 0.0958. The lowest BCUT2D eigenvalue weighted by Gasteiger charge is -2.00. The maximum atomic E-state index is 11.3. The number of hydrogen-bond acceptors (Lipinski definition) is 3. The second-order valence-corrected chi connectivity index (χ2v) is 3.38. The van der Waals surface area contributed by atoms with Crippen LogP contribution in [0.25, 0.3) is 0 Å². The molecule has 0 bridgehead atoms. The Bertz CT molecular complexity index is 270. The van der Waals surface area contributed by atoms with Gasteiger partial charge in [-0.05, 0) is 17.9 Å². The molecular weight excluding hydrogens is 172 g/mol. The predicted octanol–water partition coefficient (Wildman–Crippen LogP) is 1.47. The smallest absolute Gasteiger partial charge is 0.263 e. The van der Waals surface area contributed by atoms with Crippen molar-refractivity contribution in [2.75, 3.05) is 12.3 Å². The van der Waals surface area contributed by atoms with Gasteiger partial charge in [0.1, 0.15) is 4.88 Å². The van der Waals surface area contributed by atoms with Gasteiger partial charge in [-0.2, -0.15) is 0 Å². The van der Waals surface area contributed by atoms with Crippen molar-refractivity contribution in [3.63, 3.8) is 0 Å². The summed E-state index contributed by atoms with van der Waals surface area (Å²) in [6.45, 7) is 2.72. The molecule has 1 amide bonds. The van der Waals surface area contributed by atoms with Gasteiger partial charge in [-0.25, -0.2) is 0 Å². The molecule has 3 nitrogen and oxygen atoms in total. The highest BCUT2D eigenvalue weighted by Gasteiger charge is 2.08. The molecule has 0 aliphatic heterocycles. The largest absolute Gasteiger partial charge is 0.397 e. The molecule has 0 saturated heterocycles. The summed E-state index contributed by atoms with van der Waals surface area (Å²) in [5.74, 6) is -0.0654. The molecule has 0 saturated carbocycles. The van der Waals surface area contributed by atoms with Gasteiger partial charge in [0.2, 0.25) is 0 Å². The van der Waals surface area contributed by atoms with Gasteiger partial charge in [0, 0.05) is 6.54 Å². The Labute approximate surface area is 75.6 Å². The van der Waals surface area contributed by atoms with Crippen LogP contribution in [0.15, 0.2) is 11.4 Å². The van der Waals surface area contributed by atoms with Crippen molar-refractivity contribution in [3.05, 3.63) is 16.3 Å². The van der Waals surface area contributed by atoms with Crippen LogP contribution < -0.4 is 11.1 Å². The summed E-state index contributed by atoms with van der Waals surface area (Å²) in [6, 6.07) is 1.74. The molecule has 1 aromatic rings. The van der Waals surface area contributed by atoms with Gasteiger partial charge in [0.05, 0.1) is 5.69 Å². The zero-order chi connectivity index (χ0) is 8.97. The van der Waals surface area contributed by atoms with E-state index in [0.717, 1.165) is 6.42 Å². The molecule has 0 fully saturated rings. The summed E-state index contributed by atoms with van der Waals surface area (Å²) < 4.78 is 0. The molecular formula is C8H12N2OS. The molecule has 1 aromatic heterocycles. The average molecular weight is 184 g/mol. The molecule has 0 aromatic carbocycles. The van der Waals surface area contributed by atoms with Gasteiger partial charge in [0.25, 0.3) is 5.91 Å². The third-order valence-electron chi connectivity index (χ3n) is 1.44. The highest BCUT2D eigenvalue weighted by Crippen LogP contribution is 2.17. The first kappa shape index (κ1) is 9.06. The number of nitrogen functional groups attached to an aromatic ring is 1. The Balaban J connectivity index is 2.59. The second kappa shape index (κ2) is 4.11. The van der Waals surface area contributed by atoms with Gasteiger partial charge in [0.15, 0.2) is 0 Å². The van der Waals surface area contributed by atoms with Crippen LogP contribution in [0.2, 0.25) is 0 Å². The Morgan fingerprint density at radius 3 is 3.00 bits per heavy atom. The molecule has 0 unspecified atom stereocenters. The molecule has 12 heavy (non-hydrogen) atoms. The van der Waals surface area contributed by atoms with Crippen molar-refractivity contribution in [1.29, 1.82) is 0 Å².